The molecule has 0 bridgehead atoms. The Bertz CT molecular complexity index is 667. The van der Waals surface area contributed by atoms with E-state index in [2.05, 4.69) is 15.6 Å². The van der Waals surface area contributed by atoms with Crippen molar-refractivity contribution < 1.29 is 13.2 Å². The van der Waals surface area contributed by atoms with Gasteiger partial charge in [0.15, 0.2) is 5.96 Å². The molecule has 0 radical (unpaired) electrons. The van der Waals surface area contributed by atoms with Crippen LogP contribution in [0.25, 0.3) is 0 Å². The minimum absolute atomic E-state index is 0.352. The second-order valence-electron chi connectivity index (χ2n) is 6.23. The molecule has 0 atom stereocenters. The number of hydrogen-bond acceptors (Lipinski definition) is 5. The van der Waals surface area contributed by atoms with Crippen molar-refractivity contribution in [3.8, 4) is 0 Å². The van der Waals surface area contributed by atoms with Crippen LogP contribution in [0.2, 0.25) is 0 Å². The Balaban J connectivity index is 1.68. The summed E-state index contributed by atoms with van der Waals surface area (Å²) in [5.74, 6) is 1.50. The SMILES string of the molecule is CN=C(NCCCOCC1CC1)NCc1ccc(S(=O)(=O)N(C)C)s1. The Morgan fingerprint density at radius 1 is 1.36 bits per heavy atom. The number of sulfonamides is 1. The van der Waals surface area contributed by atoms with E-state index in [1.165, 1.54) is 42.6 Å². The van der Waals surface area contributed by atoms with Crippen molar-refractivity contribution in [2.45, 2.75) is 30.0 Å². The van der Waals surface area contributed by atoms with Gasteiger partial charge in [0.1, 0.15) is 4.21 Å². The van der Waals surface area contributed by atoms with Gasteiger partial charge in [0, 0.05) is 45.8 Å². The van der Waals surface area contributed by atoms with Gasteiger partial charge >= 0.3 is 0 Å². The van der Waals surface area contributed by atoms with Crippen LogP contribution in [0, 0.1) is 5.92 Å². The zero-order chi connectivity index (χ0) is 18.3. The van der Waals surface area contributed by atoms with Gasteiger partial charge in [-0.3, -0.25) is 4.99 Å². The number of rotatable bonds is 10. The second kappa shape index (κ2) is 9.51. The van der Waals surface area contributed by atoms with E-state index in [4.69, 9.17) is 4.74 Å². The Morgan fingerprint density at radius 2 is 2.12 bits per heavy atom. The van der Waals surface area contributed by atoms with Gasteiger partial charge in [-0.25, -0.2) is 12.7 Å². The average molecular weight is 389 g/mol. The minimum Gasteiger partial charge on any atom is -0.381 e. The topological polar surface area (TPSA) is 83.0 Å². The first kappa shape index (κ1) is 20.2. The van der Waals surface area contributed by atoms with Crippen LogP contribution in [-0.2, 0) is 21.3 Å². The first-order valence-corrected chi connectivity index (χ1v) is 10.7. The Labute approximate surface area is 154 Å². The minimum atomic E-state index is -3.36. The predicted molar refractivity (Wildman–Crippen MR) is 102 cm³/mol. The van der Waals surface area contributed by atoms with Crippen LogP contribution in [0.4, 0.5) is 0 Å². The molecule has 2 rings (SSSR count). The van der Waals surface area contributed by atoms with E-state index >= 15 is 0 Å². The molecule has 9 heteroatoms. The van der Waals surface area contributed by atoms with Gasteiger partial charge < -0.3 is 15.4 Å². The van der Waals surface area contributed by atoms with E-state index in [1.54, 1.807) is 13.1 Å². The molecule has 1 fully saturated rings. The van der Waals surface area contributed by atoms with Gasteiger partial charge in [0.2, 0.25) is 0 Å². The Morgan fingerprint density at radius 3 is 2.76 bits per heavy atom. The zero-order valence-electron chi connectivity index (χ0n) is 15.1. The lowest BCUT2D eigenvalue weighted by atomic mass is 10.4. The van der Waals surface area contributed by atoms with Crippen LogP contribution in [-0.4, -0.2) is 59.6 Å². The van der Waals surface area contributed by atoms with Crippen molar-refractivity contribution in [3.63, 3.8) is 0 Å². The number of hydrogen-bond donors (Lipinski definition) is 2. The van der Waals surface area contributed by atoms with E-state index in [0.717, 1.165) is 37.0 Å². The normalized spacial score (nSPS) is 15.6. The number of guanidine groups is 1. The van der Waals surface area contributed by atoms with Crippen molar-refractivity contribution in [1.82, 2.24) is 14.9 Å². The summed E-state index contributed by atoms with van der Waals surface area (Å²) >= 11 is 1.27. The Hall–Kier alpha value is -1.16. The van der Waals surface area contributed by atoms with Crippen LogP contribution >= 0.6 is 11.3 Å². The molecule has 0 aromatic carbocycles. The van der Waals surface area contributed by atoms with Gasteiger partial charge in [-0.1, -0.05) is 0 Å². The van der Waals surface area contributed by atoms with E-state index in [1.807, 2.05) is 6.07 Å². The molecule has 1 aliphatic rings. The maximum atomic E-state index is 12.1. The second-order valence-corrected chi connectivity index (χ2v) is 9.78. The largest absolute Gasteiger partial charge is 0.381 e. The summed E-state index contributed by atoms with van der Waals surface area (Å²) in [6, 6.07) is 3.47. The summed E-state index contributed by atoms with van der Waals surface area (Å²) < 4.78 is 31.3. The third-order valence-electron chi connectivity index (χ3n) is 3.83. The van der Waals surface area contributed by atoms with Gasteiger partial charge in [0.25, 0.3) is 10.0 Å². The number of ether oxygens (including phenoxy) is 1. The first-order chi connectivity index (χ1) is 11.9. The molecule has 1 saturated carbocycles. The first-order valence-electron chi connectivity index (χ1n) is 8.47. The maximum absolute atomic E-state index is 12.1. The zero-order valence-corrected chi connectivity index (χ0v) is 16.8. The lowest BCUT2D eigenvalue weighted by Crippen LogP contribution is -2.37. The summed E-state index contributed by atoms with van der Waals surface area (Å²) in [6.07, 6.45) is 3.56. The lowest BCUT2D eigenvalue weighted by molar-refractivity contribution is 0.123. The van der Waals surface area contributed by atoms with E-state index in [-0.39, 0.29) is 0 Å². The van der Waals surface area contributed by atoms with Crippen LogP contribution in [0.3, 0.4) is 0 Å². The third kappa shape index (κ3) is 6.58. The number of nitrogens with zero attached hydrogens (tertiary/aromatic N) is 2. The molecule has 142 valence electrons. The van der Waals surface area contributed by atoms with Crippen LogP contribution in [0.5, 0.6) is 0 Å². The number of aliphatic imine (C=N–C) groups is 1. The molecular formula is C16H28N4O3S2. The quantitative estimate of drug-likeness (QED) is 0.360. The van der Waals surface area contributed by atoms with Gasteiger partial charge in [-0.15, -0.1) is 11.3 Å². The average Bonchev–Trinajstić information content (AvgIpc) is 3.28. The molecule has 1 aromatic rings. The fraction of sp³-hybridized carbons (Fsp3) is 0.688. The highest BCUT2D eigenvalue weighted by atomic mass is 32.2. The summed E-state index contributed by atoms with van der Waals surface area (Å²) in [7, 11) is 1.43. The van der Waals surface area contributed by atoms with Gasteiger partial charge in [-0.2, -0.15) is 0 Å². The molecule has 2 N–H and O–H groups in total. The lowest BCUT2D eigenvalue weighted by Gasteiger charge is -2.11. The molecule has 0 spiro atoms. The fourth-order valence-corrected chi connectivity index (χ4v) is 4.54. The number of thiophene rings is 1. The molecule has 0 unspecified atom stereocenters. The summed E-state index contributed by atoms with van der Waals surface area (Å²) in [5, 5.41) is 6.43. The highest BCUT2D eigenvalue weighted by molar-refractivity contribution is 7.91. The van der Waals surface area contributed by atoms with Crippen LogP contribution in [0.15, 0.2) is 21.3 Å². The summed E-state index contributed by atoms with van der Waals surface area (Å²) in [5.41, 5.74) is 0. The van der Waals surface area contributed by atoms with Crippen molar-refractivity contribution in [2.24, 2.45) is 10.9 Å². The molecule has 7 nitrogen and oxygen atoms in total. The van der Waals surface area contributed by atoms with Crippen molar-refractivity contribution in [2.75, 3.05) is 40.9 Å². The summed E-state index contributed by atoms with van der Waals surface area (Å²) in [6.45, 7) is 2.97. The standard InChI is InChI=1S/C16H28N4O3S2/c1-17-16(18-9-4-10-23-12-13-5-6-13)19-11-14-7-8-15(24-14)25(21,22)20(2)3/h7-8,13H,4-6,9-12H2,1-3H3,(H2,17,18,19). The van der Waals surface area contributed by atoms with Crippen molar-refractivity contribution in [3.05, 3.63) is 17.0 Å². The molecule has 0 saturated heterocycles. The summed E-state index contributed by atoms with van der Waals surface area (Å²) in [4.78, 5) is 5.12. The predicted octanol–water partition coefficient (Wildman–Crippen LogP) is 1.48. The molecule has 1 aromatic heterocycles. The smallest absolute Gasteiger partial charge is 0.252 e. The highest BCUT2D eigenvalue weighted by Crippen LogP contribution is 2.28. The van der Waals surface area contributed by atoms with Gasteiger partial charge in [-0.05, 0) is 37.3 Å². The maximum Gasteiger partial charge on any atom is 0.252 e. The Kier molecular flexibility index (Phi) is 7.67. The molecule has 25 heavy (non-hydrogen) atoms. The van der Waals surface area contributed by atoms with Crippen molar-refractivity contribution in [1.29, 1.82) is 0 Å². The van der Waals surface area contributed by atoms with E-state index in [0.29, 0.717) is 16.7 Å². The van der Waals surface area contributed by atoms with E-state index < -0.39 is 10.0 Å². The van der Waals surface area contributed by atoms with E-state index in [9.17, 15) is 8.42 Å². The van der Waals surface area contributed by atoms with Gasteiger partial charge in [0.05, 0.1) is 6.54 Å². The van der Waals surface area contributed by atoms with Crippen LogP contribution in [0.1, 0.15) is 24.1 Å². The molecular weight excluding hydrogens is 360 g/mol. The van der Waals surface area contributed by atoms with Crippen molar-refractivity contribution >= 4 is 27.3 Å². The molecule has 1 heterocycles. The molecule has 0 amide bonds. The molecule has 0 aliphatic heterocycles. The van der Waals surface area contributed by atoms with Crippen LogP contribution < -0.4 is 10.6 Å². The molecule has 1 aliphatic carbocycles. The fourth-order valence-electron chi connectivity index (χ4n) is 2.08. The monoisotopic (exact) mass is 388 g/mol. The third-order valence-corrected chi connectivity index (χ3v) is 7.20. The number of nitrogens with one attached hydrogen (secondary N) is 2. The highest BCUT2D eigenvalue weighted by Gasteiger charge is 2.21.